The Hall–Kier alpha value is -4.14. The summed E-state index contributed by atoms with van der Waals surface area (Å²) in [5.41, 5.74) is 8.14. The summed E-state index contributed by atoms with van der Waals surface area (Å²) in [5.74, 6) is -0.969. The average Bonchev–Trinajstić information content (AvgIpc) is 2.88. The van der Waals surface area contributed by atoms with Crippen LogP contribution in [-0.2, 0) is 4.79 Å². The number of aliphatic carboxylic acids is 1. The summed E-state index contributed by atoms with van der Waals surface area (Å²) in [6.45, 7) is 6.76. The maximum Gasteiger partial charge on any atom is 0.303 e. The number of benzene rings is 2. The molecule has 188 valence electrons. The SMILES string of the molecule is C=C/C=C\N=C(/N)N1CCN(c2ccc3c4c(cccc24)C(=O)N(CCCCCC(=O)O)C3=O)CC1. The second-order valence-electron chi connectivity index (χ2n) is 8.87. The molecule has 3 N–H and O–H groups in total. The van der Waals surface area contributed by atoms with E-state index < -0.39 is 5.97 Å². The Morgan fingerprint density at radius 2 is 1.75 bits per heavy atom. The summed E-state index contributed by atoms with van der Waals surface area (Å²) in [6, 6.07) is 9.36. The average molecular weight is 490 g/mol. The number of hydrogen-bond acceptors (Lipinski definition) is 5. The number of guanidine groups is 1. The van der Waals surface area contributed by atoms with Crippen LogP contribution in [0.1, 0.15) is 46.4 Å². The molecule has 2 aromatic rings. The van der Waals surface area contributed by atoms with Gasteiger partial charge in [-0.15, -0.1) is 0 Å². The molecule has 0 aliphatic carbocycles. The fourth-order valence-electron chi connectivity index (χ4n) is 4.77. The molecule has 1 fully saturated rings. The number of rotatable bonds is 9. The number of carboxylic acid groups (broad SMARTS) is 1. The van der Waals surface area contributed by atoms with Crippen molar-refractivity contribution in [2.24, 2.45) is 10.7 Å². The summed E-state index contributed by atoms with van der Waals surface area (Å²) in [4.78, 5) is 47.0. The van der Waals surface area contributed by atoms with E-state index in [0.717, 1.165) is 24.2 Å². The lowest BCUT2D eigenvalue weighted by Crippen LogP contribution is -2.51. The predicted molar refractivity (Wildman–Crippen MR) is 140 cm³/mol. The van der Waals surface area contributed by atoms with Crippen molar-refractivity contribution in [3.8, 4) is 0 Å². The van der Waals surface area contributed by atoms with E-state index >= 15 is 0 Å². The van der Waals surface area contributed by atoms with E-state index in [4.69, 9.17) is 10.8 Å². The number of amides is 2. The maximum absolute atomic E-state index is 13.3. The van der Waals surface area contributed by atoms with Crippen LogP contribution in [0, 0.1) is 0 Å². The zero-order valence-corrected chi connectivity index (χ0v) is 20.2. The molecule has 2 aromatic carbocycles. The topological polar surface area (TPSA) is 120 Å². The Bertz CT molecular complexity index is 1220. The number of nitrogens with two attached hydrogens (primary N) is 1. The minimum absolute atomic E-state index is 0.0901. The van der Waals surface area contributed by atoms with Crippen molar-refractivity contribution >= 4 is 40.2 Å². The number of imide groups is 1. The maximum atomic E-state index is 13.3. The third-order valence-electron chi connectivity index (χ3n) is 6.61. The second kappa shape index (κ2) is 11.1. The highest BCUT2D eigenvalue weighted by atomic mass is 16.4. The number of carbonyl (C=O) groups is 3. The molecular formula is C27H31N5O4. The highest BCUT2D eigenvalue weighted by Gasteiger charge is 2.33. The lowest BCUT2D eigenvalue weighted by Gasteiger charge is -2.37. The second-order valence-corrected chi connectivity index (χ2v) is 8.87. The van der Waals surface area contributed by atoms with Crippen LogP contribution in [0.5, 0.6) is 0 Å². The monoisotopic (exact) mass is 489 g/mol. The van der Waals surface area contributed by atoms with E-state index in [1.54, 1.807) is 24.4 Å². The lowest BCUT2D eigenvalue weighted by molar-refractivity contribution is -0.137. The number of piperazine rings is 1. The van der Waals surface area contributed by atoms with Gasteiger partial charge in [0.25, 0.3) is 11.8 Å². The lowest BCUT2D eigenvalue weighted by atomic mass is 9.92. The molecule has 1 saturated heterocycles. The van der Waals surface area contributed by atoms with Gasteiger partial charge in [0.1, 0.15) is 0 Å². The minimum Gasteiger partial charge on any atom is -0.481 e. The summed E-state index contributed by atoms with van der Waals surface area (Å²) in [5, 5.41) is 10.4. The normalized spacial score (nSPS) is 16.3. The molecule has 0 bridgehead atoms. The smallest absolute Gasteiger partial charge is 0.303 e. The third-order valence-corrected chi connectivity index (χ3v) is 6.61. The third kappa shape index (κ3) is 5.10. The van der Waals surface area contributed by atoms with Gasteiger partial charge in [0.15, 0.2) is 5.96 Å². The van der Waals surface area contributed by atoms with Crippen LogP contribution in [0.3, 0.4) is 0 Å². The van der Waals surface area contributed by atoms with Crippen molar-refractivity contribution in [1.29, 1.82) is 0 Å². The number of carboxylic acids is 1. The number of anilines is 1. The van der Waals surface area contributed by atoms with Crippen LogP contribution in [0.25, 0.3) is 10.8 Å². The molecule has 0 spiro atoms. The molecule has 0 saturated carbocycles. The highest BCUT2D eigenvalue weighted by molar-refractivity contribution is 6.26. The summed E-state index contributed by atoms with van der Waals surface area (Å²) in [7, 11) is 0. The van der Waals surface area contributed by atoms with Gasteiger partial charge in [-0.3, -0.25) is 19.3 Å². The summed E-state index contributed by atoms with van der Waals surface area (Å²) >= 11 is 0. The van der Waals surface area contributed by atoms with Gasteiger partial charge in [-0.1, -0.05) is 31.2 Å². The van der Waals surface area contributed by atoms with Crippen LogP contribution in [-0.4, -0.2) is 71.4 Å². The van der Waals surface area contributed by atoms with Crippen LogP contribution in [0.4, 0.5) is 5.69 Å². The molecule has 0 aromatic heterocycles. The van der Waals surface area contributed by atoms with E-state index in [0.29, 0.717) is 54.8 Å². The fourth-order valence-corrected chi connectivity index (χ4v) is 4.77. The van der Waals surface area contributed by atoms with Crippen LogP contribution >= 0.6 is 0 Å². The Kier molecular flexibility index (Phi) is 7.68. The Morgan fingerprint density at radius 3 is 2.44 bits per heavy atom. The first kappa shape index (κ1) is 25.0. The molecule has 36 heavy (non-hydrogen) atoms. The molecule has 2 amide bonds. The molecule has 0 atom stereocenters. The van der Waals surface area contributed by atoms with E-state index in [9.17, 15) is 14.4 Å². The molecule has 2 aliphatic rings. The van der Waals surface area contributed by atoms with Gasteiger partial charge < -0.3 is 20.6 Å². The number of unbranched alkanes of at least 4 members (excludes halogenated alkanes) is 2. The van der Waals surface area contributed by atoms with Gasteiger partial charge in [-0.25, -0.2) is 4.99 Å². The van der Waals surface area contributed by atoms with E-state index in [1.165, 1.54) is 4.90 Å². The first-order valence-corrected chi connectivity index (χ1v) is 12.2. The van der Waals surface area contributed by atoms with E-state index in [2.05, 4.69) is 16.5 Å². The zero-order valence-electron chi connectivity index (χ0n) is 20.2. The number of carbonyl (C=O) groups excluding carboxylic acids is 2. The van der Waals surface area contributed by atoms with Gasteiger partial charge in [0.05, 0.1) is 0 Å². The van der Waals surface area contributed by atoms with Gasteiger partial charge in [-0.05, 0) is 37.1 Å². The first-order chi connectivity index (χ1) is 17.4. The van der Waals surface area contributed by atoms with Crippen LogP contribution in [0.15, 0.2) is 60.3 Å². The molecule has 2 aliphatic heterocycles. The van der Waals surface area contributed by atoms with Crippen molar-refractivity contribution in [2.75, 3.05) is 37.6 Å². The van der Waals surface area contributed by atoms with Gasteiger partial charge in [0.2, 0.25) is 0 Å². The minimum atomic E-state index is -0.838. The quantitative estimate of drug-likeness (QED) is 0.182. The number of nitrogens with zero attached hydrogens (tertiary/aromatic N) is 4. The zero-order chi connectivity index (χ0) is 25.7. The van der Waals surface area contributed by atoms with Crippen LogP contribution < -0.4 is 10.6 Å². The van der Waals surface area contributed by atoms with Crippen LogP contribution in [0.2, 0.25) is 0 Å². The Balaban J connectivity index is 1.52. The van der Waals surface area contributed by atoms with Crippen molar-refractivity contribution < 1.29 is 19.5 Å². The Morgan fingerprint density at radius 1 is 1.03 bits per heavy atom. The molecule has 9 nitrogen and oxygen atoms in total. The van der Waals surface area contributed by atoms with Crippen molar-refractivity contribution in [1.82, 2.24) is 9.80 Å². The van der Waals surface area contributed by atoms with Gasteiger partial charge >= 0.3 is 5.97 Å². The number of hydrogen-bond donors (Lipinski definition) is 2. The first-order valence-electron chi connectivity index (χ1n) is 12.2. The molecule has 4 rings (SSSR count). The van der Waals surface area contributed by atoms with Gasteiger partial charge in [-0.2, -0.15) is 0 Å². The molecule has 0 unspecified atom stereocenters. The van der Waals surface area contributed by atoms with Crippen molar-refractivity contribution in [3.63, 3.8) is 0 Å². The Labute approximate surface area is 210 Å². The van der Waals surface area contributed by atoms with Gasteiger partial charge in [0, 0.05) is 72.9 Å². The summed E-state index contributed by atoms with van der Waals surface area (Å²) < 4.78 is 0. The van der Waals surface area contributed by atoms with E-state index in [-0.39, 0.29) is 24.8 Å². The number of allylic oxidation sites excluding steroid dienone is 2. The number of aliphatic imine (C=N–C) groups is 1. The fraction of sp³-hybridized carbons (Fsp3) is 0.333. The molecule has 0 radical (unpaired) electrons. The molecule has 2 heterocycles. The van der Waals surface area contributed by atoms with Crippen molar-refractivity contribution in [2.45, 2.75) is 25.7 Å². The standard InChI is InChI=1S/C27H31N5O4/c1-2-3-13-29-27(28)31-17-15-30(16-18-31)22-12-11-21-24-19(22)8-7-9-20(24)25(35)32(26(21)36)14-6-4-5-10-23(33)34/h2-3,7-9,11-13H,1,4-6,10,14-18H2,(H2,28,29)(H,33,34)/b13-3-. The van der Waals surface area contributed by atoms with Crippen molar-refractivity contribution in [3.05, 3.63) is 66.4 Å². The summed E-state index contributed by atoms with van der Waals surface area (Å²) in [6.07, 6.45) is 6.82. The highest BCUT2D eigenvalue weighted by Crippen LogP contribution is 2.36. The predicted octanol–water partition coefficient (Wildman–Crippen LogP) is 3.22. The molecular weight excluding hydrogens is 458 g/mol. The molecule has 9 heteroatoms. The largest absolute Gasteiger partial charge is 0.481 e. The van der Waals surface area contributed by atoms with E-state index in [1.807, 2.05) is 29.2 Å².